The molecule has 0 bridgehead atoms. The Hall–Kier alpha value is -5.52. The van der Waals surface area contributed by atoms with Gasteiger partial charge in [-0.25, -0.2) is 19.6 Å². The number of hydrogen-bond acceptors (Lipinski definition) is 10. The predicted molar refractivity (Wildman–Crippen MR) is 201 cm³/mol. The molecule has 0 radical (unpaired) electrons. The first-order valence-electron chi connectivity index (χ1n) is 17.2. The number of carbonyl (C=O) groups excluding carboxylic acids is 2. The lowest BCUT2D eigenvalue weighted by molar-refractivity contribution is 0.0450. The largest absolute Gasteiger partial charge is 0.462 e. The Bertz CT molecular complexity index is 2120. The number of thiazole rings is 1. The number of benzene rings is 4. The molecular weight excluding hydrogens is 661 g/mol. The highest BCUT2D eigenvalue weighted by atomic mass is 32.1. The van der Waals surface area contributed by atoms with E-state index in [-0.39, 0.29) is 12.6 Å². The molecule has 7 rings (SSSR count). The van der Waals surface area contributed by atoms with E-state index in [0.717, 1.165) is 62.6 Å². The smallest absolute Gasteiger partial charge is 0.338 e. The quantitative estimate of drug-likeness (QED) is 0.0583. The molecule has 10 nitrogen and oxygen atoms in total. The molecule has 2 aromatic heterocycles. The van der Waals surface area contributed by atoms with E-state index < -0.39 is 5.97 Å². The van der Waals surface area contributed by atoms with Crippen molar-refractivity contribution in [2.45, 2.75) is 32.6 Å². The second kappa shape index (κ2) is 16.0. The van der Waals surface area contributed by atoms with Crippen LogP contribution in [0.3, 0.4) is 0 Å². The van der Waals surface area contributed by atoms with E-state index in [2.05, 4.69) is 32.8 Å². The molecule has 1 saturated heterocycles. The Morgan fingerprint density at radius 2 is 1.37 bits per heavy atom. The summed E-state index contributed by atoms with van der Waals surface area (Å²) in [5, 5.41) is 11.3. The topological polar surface area (TPSA) is 118 Å². The molecule has 0 aliphatic carbocycles. The van der Waals surface area contributed by atoms with Gasteiger partial charge in [0.25, 0.3) is 0 Å². The zero-order valence-corrected chi connectivity index (χ0v) is 29.2. The third kappa shape index (κ3) is 8.28. The van der Waals surface area contributed by atoms with Crippen molar-refractivity contribution in [3.05, 3.63) is 119 Å². The average Bonchev–Trinajstić information content (AvgIpc) is 3.53. The molecule has 6 aromatic rings. The number of rotatable bonds is 12. The molecule has 0 amide bonds. The first-order chi connectivity index (χ1) is 25.0. The zero-order valence-electron chi connectivity index (χ0n) is 28.4. The number of pyridine rings is 1. The van der Waals surface area contributed by atoms with Gasteiger partial charge in [0.1, 0.15) is 11.6 Å². The molecule has 1 aliphatic heterocycles. The molecule has 0 spiro atoms. The van der Waals surface area contributed by atoms with Crippen LogP contribution >= 0.6 is 11.3 Å². The molecule has 3 heterocycles. The summed E-state index contributed by atoms with van der Waals surface area (Å²) in [5.74, 6) is -0.745. The summed E-state index contributed by atoms with van der Waals surface area (Å²) in [7, 11) is 0. The van der Waals surface area contributed by atoms with E-state index >= 15 is 0 Å². The van der Waals surface area contributed by atoms with Crippen molar-refractivity contribution in [3.63, 3.8) is 0 Å². The minimum Gasteiger partial charge on any atom is -0.462 e. The fourth-order valence-corrected chi connectivity index (χ4v) is 7.29. The van der Waals surface area contributed by atoms with Gasteiger partial charge in [-0.05, 0) is 93.5 Å². The number of fused-ring (bicyclic) bond motifs is 2. The fourth-order valence-electron chi connectivity index (χ4n) is 6.18. The Morgan fingerprint density at radius 1 is 0.765 bits per heavy atom. The maximum Gasteiger partial charge on any atom is 0.338 e. The van der Waals surface area contributed by atoms with Crippen molar-refractivity contribution in [3.8, 4) is 10.6 Å². The number of hydrogen-bond donors (Lipinski definition) is 1. The molecule has 51 heavy (non-hydrogen) atoms. The summed E-state index contributed by atoms with van der Waals surface area (Å²) in [6, 6.07) is 29.9. The summed E-state index contributed by atoms with van der Waals surface area (Å²) in [4.78, 5) is 38.4. The van der Waals surface area contributed by atoms with E-state index in [4.69, 9.17) is 19.4 Å². The number of para-hydroxylation sites is 2. The highest BCUT2D eigenvalue weighted by Crippen LogP contribution is 2.38. The third-order valence-electron chi connectivity index (χ3n) is 8.91. The lowest BCUT2D eigenvalue weighted by Gasteiger charge is -2.25. The highest BCUT2D eigenvalue weighted by molar-refractivity contribution is 7.15. The number of likely N-dealkylation sites (tertiary alicyclic amines) is 1. The maximum atomic E-state index is 12.8. The summed E-state index contributed by atoms with van der Waals surface area (Å²) < 4.78 is 11.1. The monoisotopic (exact) mass is 698 g/mol. The van der Waals surface area contributed by atoms with Gasteiger partial charge in [-0.1, -0.05) is 48.0 Å². The van der Waals surface area contributed by atoms with Crippen molar-refractivity contribution in [2.75, 3.05) is 38.3 Å². The second-order valence-electron chi connectivity index (χ2n) is 12.4. The van der Waals surface area contributed by atoms with Gasteiger partial charge in [-0.2, -0.15) is 0 Å². The van der Waals surface area contributed by atoms with Gasteiger partial charge in [-0.15, -0.1) is 16.5 Å². The molecule has 4 aromatic carbocycles. The molecule has 0 unspecified atom stereocenters. The van der Waals surface area contributed by atoms with Crippen molar-refractivity contribution in [2.24, 2.45) is 10.3 Å². The predicted octanol–water partition coefficient (Wildman–Crippen LogP) is 8.97. The number of nitrogens with one attached hydrogen (secondary N) is 1. The molecule has 1 N–H and O–H groups in total. The summed E-state index contributed by atoms with van der Waals surface area (Å²) in [6.07, 6.45) is 4.26. The van der Waals surface area contributed by atoms with Crippen LogP contribution in [0.15, 0.2) is 107 Å². The molecule has 258 valence electrons. The SMILES string of the molecule is Cc1nc(-c2c3ccccc3nc3ccccc23)sc1CCOC(=O)c1ccc(NN=Nc2ccc(C(=O)OCCN3CCCCC3)cc2)cc1. The van der Waals surface area contributed by atoms with E-state index in [1.807, 2.05) is 43.3 Å². The number of esters is 2. The number of ether oxygens (including phenoxy) is 2. The minimum absolute atomic E-state index is 0.239. The number of carbonyl (C=O) groups is 2. The Kier molecular flexibility index (Phi) is 10.7. The summed E-state index contributed by atoms with van der Waals surface area (Å²) >= 11 is 1.63. The van der Waals surface area contributed by atoms with E-state index in [9.17, 15) is 9.59 Å². The molecule has 1 aliphatic rings. The van der Waals surface area contributed by atoms with Gasteiger partial charge in [0.05, 0.1) is 45.8 Å². The van der Waals surface area contributed by atoms with Crippen LogP contribution in [0.4, 0.5) is 11.4 Å². The van der Waals surface area contributed by atoms with Crippen molar-refractivity contribution < 1.29 is 19.1 Å². The van der Waals surface area contributed by atoms with Crippen molar-refractivity contribution >= 4 is 56.5 Å². The van der Waals surface area contributed by atoms with Crippen LogP contribution in [-0.2, 0) is 15.9 Å². The molecule has 11 heteroatoms. The second-order valence-corrected chi connectivity index (χ2v) is 13.5. The van der Waals surface area contributed by atoms with E-state index in [0.29, 0.717) is 35.5 Å². The van der Waals surface area contributed by atoms with E-state index in [1.165, 1.54) is 19.3 Å². The molecule has 0 atom stereocenters. The fraction of sp³-hybridized carbons (Fsp3) is 0.250. The summed E-state index contributed by atoms with van der Waals surface area (Å²) in [5.41, 5.74) is 8.89. The summed E-state index contributed by atoms with van der Waals surface area (Å²) in [6.45, 7) is 5.53. The normalized spacial score (nSPS) is 13.5. The van der Waals surface area contributed by atoms with Crippen LogP contribution in [0.1, 0.15) is 50.5 Å². The first-order valence-corrected chi connectivity index (χ1v) is 18.0. The number of anilines is 1. The number of piperidine rings is 1. The standard InChI is InChI=1S/C40H38N6O4S/c1-27-36(51-38(41-27)37-32-9-3-5-11-34(32)42-35-12-6-4-10-33(35)37)21-25-49-39(47)28-13-17-30(18-14-28)43-45-44-31-19-15-29(16-20-31)40(48)50-26-24-46-22-7-2-8-23-46/h3-6,9-20H,2,7-8,21-26H2,1H3,(H,43,44). The van der Waals surface area contributed by atoms with Gasteiger partial charge in [0.15, 0.2) is 0 Å². The lowest BCUT2D eigenvalue weighted by atomic mass is 10.0. The zero-order chi connectivity index (χ0) is 35.0. The third-order valence-corrected chi connectivity index (χ3v) is 10.1. The average molecular weight is 699 g/mol. The number of aromatic nitrogens is 2. The number of aryl methyl sites for hydroxylation is 1. The van der Waals surface area contributed by atoms with Crippen molar-refractivity contribution in [1.29, 1.82) is 0 Å². The first kappa shape index (κ1) is 34.0. The number of nitrogens with zero attached hydrogens (tertiary/aromatic N) is 5. The lowest BCUT2D eigenvalue weighted by Crippen LogP contribution is -2.33. The van der Waals surface area contributed by atoms with Crippen molar-refractivity contribution in [1.82, 2.24) is 14.9 Å². The van der Waals surface area contributed by atoms with Gasteiger partial charge in [-0.3, -0.25) is 10.3 Å². The van der Waals surface area contributed by atoms with Crippen LogP contribution in [0.5, 0.6) is 0 Å². The highest BCUT2D eigenvalue weighted by Gasteiger charge is 2.17. The molecular formula is C40H38N6O4S. The minimum atomic E-state index is -0.401. The van der Waals surface area contributed by atoms with Crippen LogP contribution in [-0.4, -0.2) is 59.7 Å². The maximum absolute atomic E-state index is 12.8. The van der Waals surface area contributed by atoms with Gasteiger partial charge in [0.2, 0.25) is 0 Å². The Balaban J connectivity index is 0.889. The van der Waals surface area contributed by atoms with Gasteiger partial charge < -0.3 is 9.47 Å². The van der Waals surface area contributed by atoms with Gasteiger partial charge >= 0.3 is 11.9 Å². The van der Waals surface area contributed by atoms with E-state index in [1.54, 1.807) is 59.9 Å². The molecule has 1 fully saturated rings. The van der Waals surface area contributed by atoms with Crippen LogP contribution < -0.4 is 5.43 Å². The van der Waals surface area contributed by atoms with Crippen LogP contribution in [0.25, 0.3) is 32.4 Å². The molecule has 0 saturated carbocycles. The Labute approximate surface area is 300 Å². The van der Waals surface area contributed by atoms with Gasteiger partial charge in [0, 0.05) is 34.2 Å². The van der Waals surface area contributed by atoms with Crippen LogP contribution in [0.2, 0.25) is 0 Å². The Morgan fingerprint density at radius 3 is 2.04 bits per heavy atom. The van der Waals surface area contributed by atoms with Crippen LogP contribution in [0, 0.1) is 6.92 Å².